The highest BCUT2D eigenvalue weighted by Crippen LogP contribution is 2.23. The molecule has 0 saturated heterocycles. The molecule has 0 unspecified atom stereocenters. The summed E-state index contributed by atoms with van der Waals surface area (Å²) in [6.07, 6.45) is 3.05. The first-order valence-electron chi connectivity index (χ1n) is 5.00. The van der Waals surface area contributed by atoms with Gasteiger partial charge in [0.1, 0.15) is 0 Å². The third-order valence-electron chi connectivity index (χ3n) is 2.30. The molecule has 0 fully saturated rings. The van der Waals surface area contributed by atoms with Gasteiger partial charge in [0.2, 0.25) is 0 Å². The zero-order chi connectivity index (χ0) is 12.3. The fourth-order valence-corrected chi connectivity index (χ4v) is 1.38. The van der Waals surface area contributed by atoms with E-state index in [-0.39, 0.29) is 12.4 Å². The Kier molecular flexibility index (Phi) is 3.30. The summed E-state index contributed by atoms with van der Waals surface area (Å²) in [5.74, 6) is 0.182. The van der Waals surface area contributed by atoms with Gasteiger partial charge in [0.05, 0.1) is 13.7 Å². The molecule has 2 aromatic rings. The summed E-state index contributed by atoms with van der Waals surface area (Å²) in [7, 11) is 1.40. The fourth-order valence-electron chi connectivity index (χ4n) is 1.38. The average molecular weight is 234 g/mol. The highest BCUT2D eigenvalue weighted by Gasteiger charge is 2.07. The first-order valence-corrected chi connectivity index (χ1v) is 5.00. The molecule has 4 nitrogen and oxygen atoms in total. The Morgan fingerprint density at radius 2 is 2.00 bits per heavy atom. The Morgan fingerprint density at radius 3 is 2.59 bits per heavy atom. The van der Waals surface area contributed by atoms with Crippen molar-refractivity contribution in [1.82, 2.24) is 9.97 Å². The number of rotatable bonds is 3. The number of methoxy groups -OCH3 is 1. The van der Waals surface area contributed by atoms with Crippen LogP contribution in [0.4, 0.5) is 4.39 Å². The number of ether oxygens (including phenoxy) is 1. The van der Waals surface area contributed by atoms with Crippen molar-refractivity contribution in [2.45, 2.75) is 6.61 Å². The second kappa shape index (κ2) is 4.88. The molecule has 0 aliphatic carbocycles. The lowest BCUT2D eigenvalue weighted by molar-refractivity contribution is 0.281. The molecule has 0 aliphatic rings. The van der Waals surface area contributed by atoms with Crippen LogP contribution in [-0.2, 0) is 6.61 Å². The van der Waals surface area contributed by atoms with E-state index in [0.29, 0.717) is 17.0 Å². The van der Waals surface area contributed by atoms with Crippen LogP contribution in [0, 0.1) is 5.82 Å². The summed E-state index contributed by atoms with van der Waals surface area (Å²) in [5.41, 5.74) is 1.29. The normalized spacial score (nSPS) is 10.3. The number of hydrogen-bond donors (Lipinski definition) is 1. The molecule has 0 saturated carbocycles. The number of aromatic nitrogens is 2. The van der Waals surface area contributed by atoms with E-state index in [1.54, 1.807) is 6.07 Å². The molecule has 0 aliphatic heterocycles. The van der Waals surface area contributed by atoms with E-state index in [1.165, 1.54) is 31.6 Å². The molecule has 0 spiro atoms. The second-order valence-electron chi connectivity index (χ2n) is 3.42. The summed E-state index contributed by atoms with van der Waals surface area (Å²) < 4.78 is 18.1. The van der Waals surface area contributed by atoms with Gasteiger partial charge in [0.25, 0.3) is 0 Å². The predicted octanol–water partition coefficient (Wildman–Crippen LogP) is 1.78. The molecule has 0 amide bonds. The van der Waals surface area contributed by atoms with E-state index in [4.69, 9.17) is 9.84 Å². The van der Waals surface area contributed by atoms with Crippen LogP contribution in [0.1, 0.15) is 5.56 Å². The monoisotopic (exact) mass is 234 g/mol. The van der Waals surface area contributed by atoms with Crippen molar-refractivity contribution in [3.8, 4) is 17.1 Å². The number of aliphatic hydroxyl groups excluding tert-OH is 1. The SMILES string of the molecule is COc1cc(-c2ncc(CO)cn2)ccc1F. The van der Waals surface area contributed by atoms with Gasteiger partial charge in [0.15, 0.2) is 17.4 Å². The third-order valence-corrected chi connectivity index (χ3v) is 2.30. The Balaban J connectivity index is 2.38. The van der Waals surface area contributed by atoms with Crippen molar-refractivity contribution in [2.75, 3.05) is 7.11 Å². The van der Waals surface area contributed by atoms with Crippen LogP contribution in [-0.4, -0.2) is 22.2 Å². The highest BCUT2D eigenvalue weighted by atomic mass is 19.1. The lowest BCUT2D eigenvalue weighted by Gasteiger charge is -2.05. The maximum Gasteiger partial charge on any atom is 0.165 e. The first-order chi connectivity index (χ1) is 8.24. The lowest BCUT2D eigenvalue weighted by atomic mass is 10.2. The maximum atomic E-state index is 13.2. The zero-order valence-corrected chi connectivity index (χ0v) is 9.22. The first kappa shape index (κ1) is 11.5. The van der Waals surface area contributed by atoms with E-state index in [0.717, 1.165) is 0 Å². The standard InChI is InChI=1S/C12H11FN2O2/c1-17-11-4-9(2-3-10(11)13)12-14-5-8(7-16)6-15-12/h2-6,16H,7H2,1H3. The predicted molar refractivity (Wildman–Crippen MR) is 59.9 cm³/mol. The smallest absolute Gasteiger partial charge is 0.165 e. The van der Waals surface area contributed by atoms with Gasteiger partial charge in [-0.3, -0.25) is 0 Å². The Hall–Kier alpha value is -2.01. The quantitative estimate of drug-likeness (QED) is 0.879. The van der Waals surface area contributed by atoms with Gasteiger partial charge in [0, 0.05) is 23.5 Å². The lowest BCUT2D eigenvalue weighted by Crippen LogP contribution is -1.94. The molecule has 1 N–H and O–H groups in total. The molecular weight excluding hydrogens is 223 g/mol. The van der Waals surface area contributed by atoms with Crippen molar-refractivity contribution < 1.29 is 14.2 Å². The molecule has 1 aromatic heterocycles. The molecule has 88 valence electrons. The van der Waals surface area contributed by atoms with Crippen LogP contribution >= 0.6 is 0 Å². The van der Waals surface area contributed by atoms with Gasteiger partial charge < -0.3 is 9.84 Å². The van der Waals surface area contributed by atoms with Crippen LogP contribution in [0.5, 0.6) is 5.75 Å². The van der Waals surface area contributed by atoms with E-state index >= 15 is 0 Å². The van der Waals surface area contributed by atoms with Gasteiger partial charge in [-0.15, -0.1) is 0 Å². The van der Waals surface area contributed by atoms with E-state index < -0.39 is 5.82 Å². The summed E-state index contributed by atoms with van der Waals surface area (Å²) in [6.45, 7) is -0.104. The van der Waals surface area contributed by atoms with Crippen LogP contribution in [0.3, 0.4) is 0 Å². The van der Waals surface area contributed by atoms with Crippen molar-refractivity contribution in [3.63, 3.8) is 0 Å². The second-order valence-corrected chi connectivity index (χ2v) is 3.42. The molecule has 1 heterocycles. The average Bonchev–Trinajstić information content (AvgIpc) is 2.39. The van der Waals surface area contributed by atoms with Crippen LogP contribution in [0.2, 0.25) is 0 Å². The Labute approximate surface area is 97.7 Å². The minimum Gasteiger partial charge on any atom is -0.494 e. The van der Waals surface area contributed by atoms with E-state index in [1.807, 2.05) is 0 Å². The zero-order valence-electron chi connectivity index (χ0n) is 9.22. The van der Waals surface area contributed by atoms with Gasteiger partial charge in [-0.25, -0.2) is 14.4 Å². The molecule has 0 radical (unpaired) electrons. The number of halogens is 1. The summed E-state index contributed by atoms with van der Waals surface area (Å²) in [6, 6.07) is 4.41. The summed E-state index contributed by atoms with van der Waals surface area (Å²) in [4.78, 5) is 8.15. The van der Waals surface area contributed by atoms with Crippen molar-refractivity contribution in [1.29, 1.82) is 0 Å². The number of hydrogen-bond acceptors (Lipinski definition) is 4. The molecular formula is C12H11FN2O2. The molecule has 17 heavy (non-hydrogen) atoms. The summed E-state index contributed by atoms with van der Waals surface area (Å²) in [5, 5.41) is 8.87. The molecule has 0 atom stereocenters. The van der Waals surface area contributed by atoms with Crippen molar-refractivity contribution in [2.24, 2.45) is 0 Å². The highest BCUT2D eigenvalue weighted by molar-refractivity contribution is 5.57. The molecule has 2 rings (SSSR count). The van der Waals surface area contributed by atoms with Crippen LogP contribution in [0.25, 0.3) is 11.4 Å². The molecule has 5 heteroatoms. The van der Waals surface area contributed by atoms with Crippen LogP contribution < -0.4 is 4.74 Å². The summed E-state index contributed by atoms with van der Waals surface area (Å²) >= 11 is 0. The van der Waals surface area contributed by atoms with Gasteiger partial charge in [-0.05, 0) is 18.2 Å². The minimum absolute atomic E-state index is 0.104. The number of benzene rings is 1. The molecule has 1 aromatic carbocycles. The number of aliphatic hydroxyl groups is 1. The minimum atomic E-state index is -0.428. The number of nitrogens with zero attached hydrogens (tertiary/aromatic N) is 2. The van der Waals surface area contributed by atoms with Gasteiger partial charge >= 0.3 is 0 Å². The van der Waals surface area contributed by atoms with Gasteiger partial charge in [-0.1, -0.05) is 0 Å². The third kappa shape index (κ3) is 2.39. The molecule has 0 bridgehead atoms. The fraction of sp³-hybridized carbons (Fsp3) is 0.167. The van der Waals surface area contributed by atoms with E-state index in [9.17, 15) is 4.39 Å². The maximum absolute atomic E-state index is 13.2. The van der Waals surface area contributed by atoms with Gasteiger partial charge in [-0.2, -0.15) is 0 Å². The largest absolute Gasteiger partial charge is 0.494 e. The van der Waals surface area contributed by atoms with E-state index in [2.05, 4.69) is 9.97 Å². The van der Waals surface area contributed by atoms with Crippen molar-refractivity contribution >= 4 is 0 Å². The Bertz CT molecular complexity index is 514. The Morgan fingerprint density at radius 1 is 1.29 bits per heavy atom. The van der Waals surface area contributed by atoms with Crippen LogP contribution in [0.15, 0.2) is 30.6 Å². The topological polar surface area (TPSA) is 55.2 Å². The van der Waals surface area contributed by atoms with Crippen molar-refractivity contribution in [3.05, 3.63) is 42.0 Å².